The number of hydrogen-bond acceptors (Lipinski definition) is 4. The van der Waals surface area contributed by atoms with Gasteiger partial charge in [0.1, 0.15) is 5.75 Å². The summed E-state index contributed by atoms with van der Waals surface area (Å²) in [7, 11) is 4.02. The lowest BCUT2D eigenvalue weighted by molar-refractivity contribution is -0.123. The Morgan fingerprint density at radius 3 is 2.64 bits per heavy atom. The molecule has 0 fully saturated rings. The van der Waals surface area contributed by atoms with Crippen molar-refractivity contribution in [2.24, 2.45) is 0 Å². The van der Waals surface area contributed by atoms with Crippen molar-refractivity contribution in [3.05, 3.63) is 51.1 Å². The first kappa shape index (κ1) is 17.0. The Bertz CT molecular complexity index is 585. The van der Waals surface area contributed by atoms with Gasteiger partial charge in [-0.3, -0.25) is 4.79 Å². The van der Waals surface area contributed by atoms with Crippen LogP contribution in [0.2, 0.25) is 0 Å². The lowest BCUT2D eigenvalue weighted by Crippen LogP contribution is -2.36. The normalized spacial score (nSPS) is 12.2. The highest BCUT2D eigenvalue weighted by Gasteiger charge is 2.16. The molecule has 1 N–H and O–H groups in total. The van der Waals surface area contributed by atoms with E-state index in [1.807, 2.05) is 49.8 Å². The molecule has 0 bridgehead atoms. The molecule has 0 radical (unpaired) electrons. The molecule has 0 spiro atoms. The Labute approximate surface area is 143 Å². The van der Waals surface area contributed by atoms with Crippen LogP contribution in [0, 0.1) is 0 Å². The first-order chi connectivity index (χ1) is 10.6. The molecule has 1 aromatic heterocycles. The maximum atomic E-state index is 11.9. The van der Waals surface area contributed by atoms with Crippen molar-refractivity contribution < 1.29 is 9.53 Å². The number of nitrogens with zero attached hydrogens (tertiary/aromatic N) is 1. The second-order valence-electron chi connectivity index (χ2n) is 5.04. The van der Waals surface area contributed by atoms with Crippen LogP contribution >= 0.6 is 27.3 Å². The quantitative estimate of drug-likeness (QED) is 0.798. The van der Waals surface area contributed by atoms with Crippen LogP contribution in [0.25, 0.3) is 0 Å². The van der Waals surface area contributed by atoms with Gasteiger partial charge in [0.2, 0.25) is 0 Å². The number of likely N-dealkylation sites (N-methyl/N-ethyl adjacent to an activating group) is 1. The second-order valence-corrected chi connectivity index (χ2v) is 6.94. The number of ether oxygens (including phenoxy) is 1. The van der Waals surface area contributed by atoms with Gasteiger partial charge in [-0.25, -0.2) is 0 Å². The smallest absolute Gasteiger partial charge is 0.258 e. The van der Waals surface area contributed by atoms with Crippen molar-refractivity contribution >= 4 is 33.2 Å². The second kappa shape index (κ2) is 8.31. The summed E-state index contributed by atoms with van der Waals surface area (Å²) in [5.74, 6) is 0.562. The zero-order valence-corrected chi connectivity index (χ0v) is 15.0. The Morgan fingerprint density at radius 2 is 2.05 bits per heavy atom. The summed E-state index contributed by atoms with van der Waals surface area (Å²) in [5.41, 5.74) is 0. The van der Waals surface area contributed by atoms with Crippen LogP contribution in [0.15, 0.2) is 46.3 Å². The zero-order valence-electron chi connectivity index (χ0n) is 12.6. The molecular weight excluding hydrogens is 364 g/mol. The number of amides is 1. The minimum atomic E-state index is -0.119. The fourth-order valence-corrected chi connectivity index (χ4v) is 3.15. The molecule has 1 heterocycles. The van der Waals surface area contributed by atoms with E-state index in [1.165, 1.54) is 4.88 Å². The van der Waals surface area contributed by atoms with Gasteiger partial charge in [-0.2, -0.15) is 0 Å². The highest BCUT2D eigenvalue weighted by atomic mass is 79.9. The van der Waals surface area contributed by atoms with Crippen molar-refractivity contribution in [1.82, 2.24) is 10.2 Å². The molecule has 4 nitrogen and oxygen atoms in total. The zero-order chi connectivity index (χ0) is 15.9. The summed E-state index contributed by atoms with van der Waals surface area (Å²) in [6.07, 6.45) is 0. The van der Waals surface area contributed by atoms with Gasteiger partial charge in [-0.15, -0.1) is 11.3 Å². The van der Waals surface area contributed by atoms with Crippen LogP contribution in [0.4, 0.5) is 0 Å². The lowest BCUT2D eigenvalue weighted by Gasteiger charge is -2.23. The molecule has 1 amide bonds. The van der Waals surface area contributed by atoms with Crippen molar-refractivity contribution in [2.75, 3.05) is 27.2 Å². The number of carbonyl (C=O) groups excluding carboxylic acids is 1. The molecule has 2 rings (SSSR count). The van der Waals surface area contributed by atoms with Gasteiger partial charge in [-0.1, -0.05) is 22.0 Å². The van der Waals surface area contributed by atoms with E-state index in [4.69, 9.17) is 4.74 Å². The highest BCUT2D eigenvalue weighted by molar-refractivity contribution is 9.10. The minimum absolute atomic E-state index is 0.0201. The van der Waals surface area contributed by atoms with Gasteiger partial charge in [0.05, 0.1) is 6.04 Å². The molecule has 0 aliphatic carbocycles. The van der Waals surface area contributed by atoms with Crippen molar-refractivity contribution in [3.8, 4) is 5.75 Å². The number of nitrogens with one attached hydrogen (secondary N) is 1. The topological polar surface area (TPSA) is 41.6 Å². The first-order valence-electron chi connectivity index (χ1n) is 6.91. The fraction of sp³-hybridized carbons (Fsp3) is 0.312. The molecule has 0 aliphatic heterocycles. The first-order valence-corrected chi connectivity index (χ1v) is 8.58. The molecule has 0 saturated carbocycles. The maximum absolute atomic E-state index is 11.9. The summed E-state index contributed by atoms with van der Waals surface area (Å²) >= 11 is 5.05. The van der Waals surface area contributed by atoms with Gasteiger partial charge in [0.25, 0.3) is 5.91 Å². The SMILES string of the molecule is CN(C)[C@H](CNC(=O)COc1ccc(Br)cc1)c1cccs1. The molecule has 2 aromatic rings. The van der Waals surface area contributed by atoms with E-state index in [0.29, 0.717) is 12.3 Å². The third-order valence-corrected chi connectivity index (χ3v) is 4.67. The van der Waals surface area contributed by atoms with Crippen molar-refractivity contribution in [3.63, 3.8) is 0 Å². The minimum Gasteiger partial charge on any atom is -0.484 e. The number of benzene rings is 1. The van der Waals surface area contributed by atoms with Gasteiger partial charge >= 0.3 is 0 Å². The average Bonchev–Trinajstić information content (AvgIpc) is 3.00. The van der Waals surface area contributed by atoms with Crippen LogP contribution in [-0.2, 0) is 4.79 Å². The molecule has 0 saturated heterocycles. The van der Waals surface area contributed by atoms with E-state index in [-0.39, 0.29) is 18.6 Å². The Hall–Kier alpha value is -1.37. The monoisotopic (exact) mass is 382 g/mol. The van der Waals surface area contributed by atoms with Crippen LogP contribution in [-0.4, -0.2) is 38.1 Å². The van der Waals surface area contributed by atoms with Crippen LogP contribution in [0.1, 0.15) is 10.9 Å². The van der Waals surface area contributed by atoms with Gasteiger partial charge in [-0.05, 0) is 49.8 Å². The molecule has 0 aliphatic rings. The predicted molar refractivity (Wildman–Crippen MR) is 93.4 cm³/mol. The van der Waals surface area contributed by atoms with Crippen molar-refractivity contribution in [1.29, 1.82) is 0 Å². The van der Waals surface area contributed by atoms with Crippen molar-refractivity contribution in [2.45, 2.75) is 6.04 Å². The number of carbonyl (C=O) groups is 1. The largest absolute Gasteiger partial charge is 0.484 e. The molecule has 22 heavy (non-hydrogen) atoms. The van der Waals surface area contributed by atoms with E-state index in [9.17, 15) is 4.79 Å². The summed E-state index contributed by atoms with van der Waals surface area (Å²) in [5, 5.41) is 4.97. The van der Waals surface area contributed by atoms with Crippen LogP contribution in [0.5, 0.6) is 5.75 Å². The summed E-state index contributed by atoms with van der Waals surface area (Å²) in [4.78, 5) is 15.3. The lowest BCUT2D eigenvalue weighted by atomic mass is 10.2. The molecule has 0 unspecified atom stereocenters. The molecular formula is C16H19BrN2O2S. The molecule has 1 aromatic carbocycles. The molecule has 1 atom stereocenters. The predicted octanol–water partition coefficient (Wildman–Crippen LogP) is 3.31. The number of rotatable bonds is 7. The fourth-order valence-electron chi connectivity index (χ4n) is 1.96. The molecule has 6 heteroatoms. The Morgan fingerprint density at radius 1 is 1.32 bits per heavy atom. The molecule has 118 valence electrons. The van der Waals surface area contributed by atoms with Gasteiger partial charge in [0, 0.05) is 15.9 Å². The van der Waals surface area contributed by atoms with E-state index in [2.05, 4.69) is 32.2 Å². The Balaban J connectivity index is 1.80. The van der Waals surface area contributed by atoms with E-state index in [1.54, 1.807) is 11.3 Å². The third kappa shape index (κ3) is 5.12. The Kier molecular flexibility index (Phi) is 6.42. The standard InChI is InChI=1S/C16H19BrN2O2S/c1-19(2)14(15-4-3-9-22-15)10-18-16(20)11-21-13-7-5-12(17)6-8-13/h3-9,14H,10-11H2,1-2H3,(H,18,20)/t14-/m1/s1. The van der Waals surface area contributed by atoms with E-state index in [0.717, 1.165) is 4.47 Å². The summed E-state index contributed by atoms with van der Waals surface area (Å²) < 4.78 is 6.44. The number of thiophene rings is 1. The van der Waals surface area contributed by atoms with E-state index >= 15 is 0 Å². The third-order valence-electron chi connectivity index (χ3n) is 3.17. The summed E-state index contributed by atoms with van der Waals surface area (Å²) in [6.45, 7) is 0.586. The highest BCUT2D eigenvalue weighted by Crippen LogP contribution is 2.22. The van der Waals surface area contributed by atoms with Gasteiger partial charge in [0.15, 0.2) is 6.61 Å². The summed E-state index contributed by atoms with van der Waals surface area (Å²) in [6, 6.07) is 11.7. The maximum Gasteiger partial charge on any atom is 0.258 e. The number of halogens is 1. The van der Waals surface area contributed by atoms with Crippen LogP contribution in [0.3, 0.4) is 0 Å². The van der Waals surface area contributed by atoms with Gasteiger partial charge < -0.3 is 15.0 Å². The van der Waals surface area contributed by atoms with E-state index < -0.39 is 0 Å². The average molecular weight is 383 g/mol. The van der Waals surface area contributed by atoms with Crippen LogP contribution < -0.4 is 10.1 Å². The number of hydrogen-bond donors (Lipinski definition) is 1.